The smallest absolute Gasteiger partial charge is 0.342 e. The molecule has 18 rings (SSSR count). The summed E-state index contributed by atoms with van der Waals surface area (Å²) in [5.74, 6) is -3.73. The first-order chi connectivity index (χ1) is 67.9. The van der Waals surface area contributed by atoms with Gasteiger partial charge in [0.15, 0.2) is 11.3 Å². The number of carboxylic acids is 4. The van der Waals surface area contributed by atoms with Crippen molar-refractivity contribution in [2.45, 2.75) is 109 Å². The molecule has 6 heterocycles. The molecule has 16 aromatic rings. The molecule has 0 spiro atoms. The van der Waals surface area contributed by atoms with E-state index in [4.69, 9.17) is 48.7 Å². The van der Waals surface area contributed by atoms with E-state index in [1.54, 1.807) is 107 Å². The molecule has 3 amide bonds. The fourth-order valence-corrected chi connectivity index (χ4v) is 21.6. The van der Waals surface area contributed by atoms with Crippen molar-refractivity contribution in [3.63, 3.8) is 0 Å². The van der Waals surface area contributed by atoms with E-state index in [0.717, 1.165) is 84.9 Å². The molecule has 7 N–H and O–H groups in total. The van der Waals surface area contributed by atoms with Gasteiger partial charge in [0.2, 0.25) is 17.7 Å². The number of rotatable bonds is 32. The quantitative estimate of drug-likeness (QED) is 0.0193. The largest absolute Gasteiger partial charge is 0.493 e. The molecule has 0 bridgehead atoms. The Balaban J connectivity index is 0.000000140. The molecule has 0 radical (unpaired) electrons. The third kappa shape index (κ3) is 28.0. The minimum atomic E-state index is -1.07. The van der Waals surface area contributed by atoms with Crippen LogP contribution in [0, 0.1) is 11.8 Å². The second-order valence-corrected chi connectivity index (χ2v) is 40.8. The Morgan fingerprint density at radius 2 is 0.766 bits per heavy atom. The highest BCUT2D eigenvalue weighted by Crippen LogP contribution is 2.51. The maximum atomic E-state index is 13.0. The van der Waals surface area contributed by atoms with Crippen LogP contribution in [0.5, 0.6) is 5.75 Å². The molecule has 2 fully saturated rings. The molecule has 2 aliphatic rings. The number of para-hydroxylation sites is 1. The third-order valence-corrected chi connectivity index (χ3v) is 29.5. The number of aromatic carboxylic acids is 4. The number of carbonyl (C=O) groups excluding carboxylic acids is 6. The SMILES string of the molecule is CC(C)(C)OC(=O)c1c(NC(=O)CCc2ccccc2)csc1-c1ccc(Cl)cc1.COc1cccc2cc(-c3scc(CC(=O)CCc4ccccc4)c3C(=O)O)oc12.O=C(CCCc1ccccc1)Cc1csc(-c2ccc(Cl)cc2)c1C(=O)O.O=C(O)c1c(NC(=O)C2CC2c2ccccc2)csc1-c1ccc(Br)cc1.O=C(O)c1c(NC(=O)C2CC2c2ccccc2)csc1-c1ccc(Cl)cc1. The van der Waals surface area contributed by atoms with Crippen molar-refractivity contribution in [3.05, 3.63) is 386 Å². The summed E-state index contributed by atoms with van der Waals surface area (Å²) in [6.07, 6.45) is 5.84. The second kappa shape index (κ2) is 48.6. The highest BCUT2D eigenvalue weighted by Gasteiger charge is 2.46. The number of ketones is 2. The Hall–Kier alpha value is -13.5. The van der Waals surface area contributed by atoms with E-state index in [9.17, 15) is 68.4 Å². The van der Waals surface area contributed by atoms with E-state index in [0.29, 0.717) is 118 Å². The minimum Gasteiger partial charge on any atom is -0.493 e. The van der Waals surface area contributed by atoms with Crippen molar-refractivity contribution >= 4 is 195 Å². The first kappa shape index (κ1) is 103. The van der Waals surface area contributed by atoms with Crippen LogP contribution in [0.25, 0.3) is 63.4 Å². The zero-order chi connectivity index (χ0) is 100.0. The number of methoxy groups -OCH3 is 1. The van der Waals surface area contributed by atoms with Crippen LogP contribution in [-0.4, -0.2) is 92.3 Å². The van der Waals surface area contributed by atoms with Crippen molar-refractivity contribution in [3.8, 4) is 58.1 Å². The van der Waals surface area contributed by atoms with Crippen LogP contribution in [0.15, 0.2) is 309 Å². The van der Waals surface area contributed by atoms with Crippen LogP contribution in [0.2, 0.25) is 15.1 Å². The highest BCUT2D eigenvalue weighted by molar-refractivity contribution is 9.10. The van der Waals surface area contributed by atoms with Gasteiger partial charge in [0, 0.05) is 89.9 Å². The Morgan fingerprint density at radius 3 is 1.18 bits per heavy atom. The normalized spacial score (nSPS) is 13.7. The molecule has 2 aliphatic carbocycles. The number of amides is 3. The summed E-state index contributed by atoms with van der Waals surface area (Å²) in [7, 11) is 1.56. The van der Waals surface area contributed by atoms with Crippen LogP contribution in [0.4, 0.5) is 17.1 Å². The number of carboxylic acid groups (broad SMARTS) is 4. The van der Waals surface area contributed by atoms with Crippen LogP contribution >= 0.6 is 107 Å². The molecule has 6 aromatic heterocycles. The molecule has 10 aromatic carbocycles. The maximum absolute atomic E-state index is 13.0. The van der Waals surface area contributed by atoms with Crippen molar-refractivity contribution in [2.24, 2.45) is 11.8 Å². The Bertz CT molecular complexity index is 6960. The number of esters is 1. The average Bonchev–Trinajstić information content (AvgIpc) is 1.62. The van der Waals surface area contributed by atoms with E-state index >= 15 is 0 Å². The summed E-state index contributed by atoms with van der Waals surface area (Å²) in [6, 6.07) is 85.6. The monoisotopic (exact) mass is 2100 g/mol. The molecule has 0 saturated heterocycles. The van der Waals surface area contributed by atoms with Crippen LogP contribution in [-0.2, 0) is 60.8 Å². The minimum absolute atomic E-state index is 0.0111. The van der Waals surface area contributed by atoms with Crippen molar-refractivity contribution in [1.82, 2.24) is 0 Å². The Labute approximate surface area is 857 Å². The van der Waals surface area contributed by atoms with E-state index in [2.05, 4.69) is 31.9 Å². The van der Waals surface area contributed by atoms with Gasteiger partial charge in [0.1, 0.15) is 39.6 Å². The number of aryl methyl sites for hydroxylation is 3. The number of ether oxygens (including phenoxy) is 2. The van der Waals surface area contributed by atoms with E-state index < -0.39 is 35.4 Å². The van der Waals surface area contributed by atoms with Gasteiger partial charge in [0.05, 0.1) is 54.8 Å². The fourth-order valence-electron chi connectivity index (χ4n) is 15.9. The number of hydrogen-bond donors (Lipinski definition) is 7. The summed E-state index contributed by atoms with van der Waals surface area (Å²) in [6.45, 7) is 5.45. The van der Waals surface area contributed by atoms with Crippen molar-refractivity contribution < 1.29 is 82.3 Å². The molecule has 2 saturated carbocycles. The molecular weight excluding hydrogens is 2010 g/mol. The number of hydrogen-bond acceptors (Lipinski definition) is 18. The molecule has 29 heteroatoms. The number of thiophene rings is 5. The van der Waals surface area contributed by atoms with Crippen LogP contribution < -0.4 is 20.7 Å². The summed E-state index contributed by atoms with van der Waals surface area (Å²) in [5, 5.41) is 58.7. The van der Waals surface area contributed by atoms with Gasteiger partial charge in [-0.25, -0.2) is 24.0 Å². The lowest BCUT2D eigenvalue weighted by atomic mass is 9.99. The third-order valence-electron chi connectivity index (χ3n) is 23.0. The zero-order valence-corrected chi connectivity index (χ0v) is 84.5. The molecule has 0 aliphatic heterocycles. The number of carbonyl (C=O) groups is 10. The predicted molar refractivity (Wildman–Crippen MR) is 568 cm³/mol. The standard InChI is InChI=1S/C24H24ClNO3S.C24H20O5S.C22H19ClO3S.C21H16BrNO3S.C21H16ClNO3S/c1-24(2,3)29-23(28)21-19(15-30-22(21)17-10-12-18(25)13-11-17)26-20(27)14-9-16-7-5-4-6-8-16;1-28-19-9-5-8-16-13-20(29-22(16)19)23-21(24(26)27)17(14-30-23)12-18(25)11-10-15-6-3-2-4-7-15;23-18-11-9-16(10-12-18)21-20(22(25)26)17(14-27-21)13-19(24)8-4-7-15-5-2-1-3-6-15;2*22-14-8-6-13(7-9-14)19-18(21(25)26)17(11-27-19)23-20(24)16-10-15(16)12-4-2-1-3-5-12/h4-8,10-13,15H,9,14H2,1-3H3,(H,26,27);2-9,13-14H,10-12H2,1H3,(H,26,27);1-3,5-6,9-12,14H,4,7-8,13H2,(H,25,26);2*1-9,11,15-16H,10H2,(H,23,24)(H,25,26). The van der Waals surface area contributed by atoms with Gasteiger partial charge in [-0.05, 0) is 204 Å². The van der Waals surface area contributed by atoms with Crippen LogP contribution in [0.3, 0.4) is 0 Å². The van der Waals surface area contributed by atoms with E-state index in [1.165, 1.54) is 62.2 Å². The molecule has 4 atom stereocenters. The summed E-state index contributed by atoms with van der Waals surface area (Å²) in [4.78, 5) is 126. The average molecular weight is 2100 g/mol. The van der Waals surface area contributed by atoms with E-state index in [1.807, 2.05) is 221 Å². The summed E-state index contributed by atoms with van der Waals surface area (Å²) < 4.78 is 17.8. The number of furan rings is 1. The van der Waals surface area contributed by atoms with Gasteiger partial charge in [0.25, 0.3) is 0 Å². The number of Topliss-reactive ketones (excluding diaryl/α,β-unsaturated/α-hetero) is 2. The number of anilines is 3. The number of fused-ring (bicyclic) bond motifs is 1. The molecule has 141 heavy (non-hydrogen) atoms. The van der Waals surface area contributed by atoms with Gasteiger partial charge in [-0.15, -0.1) is 56.7 Å². The summed E-state index contributed by atoms with van der Waals surface area (Å²) >= 11 is 27.8. The summed E-state index contributed by atoms with van der Waals surface area (Å²) in [5.41, 5.74) is 12.1. The van der Waals surface area contributed by atoms with E-state index in [-0.39, 0.29) is 88.1 Å². The lowest BCUT2D eigenvalue weighted by Gasteiger charge is -2.20. The second-order valence-electron chi connectivity index (χ2n) is 34.2. The van der Waals surface area contributed by atoms with Gasteiger partial charge >= 0.3 is 29.8 Å². The lowest BCUT2D eigenvalue weighted by Crippen LogP contribution is -2.25. The molecule has 4 unspecified atom stereocenters. The maximum Gasteiger partial charge on any atom is 0.342 e. The fraction of sp³-hybridized carbons (Fsp3) is 0.179. The van der Waals surface area contributed by atoms with Crippen LogP contribution in [0.1, 0.15) is 162 Å². The topological polar surface area (TPSA) is 319 Å². The van der Waals surface area contributed by atoms with Crippen molar-refractivity contribution in [1.29, 1.82) is 0 Å². The first-order valence-electron chi connectivity index (χ1n) is 44.9. The molecule has 718 valence electrons. The number of halogens is 4. The van der Waals surface area contributed by atoms with Gasteiger partial charge in [-0.1, -0.05) is 263 Å². The highest BCUT2D eigenvalue weighted by atomic mass is 79.9. The Kier molecular flexibility index (Phi) is 35.6. The predicted octanol–water partition coefficient (Wildman–Crippen LogP) is 29.2. The first-order valence-corrected chi connectivity index (χ1v) is 51.2. The Morgan fingerprint density at radius 1 is 0.404 bits per heavy atom. The number of benzene rings is 10. The lowest BCUT2D eigenvalue weighted by molar-refractivity contribution is -0.119. The number of nitrogens with one attached hydrogen (secondary N) is 3. The molecular formula is C112H95BrCl3N3O17S5. The van der Waals surface area contributed by atoms with Gasteiger partial charge in [-0.3, -0.25) is 24.0 Å². The van der Waals surface area contributed by atoms with Gasteiger partial charge in [-0.2, -0.15) is 0 Å². The molecule has 20 nitrogen and oxygen atoms in total. The van der Waals surface area contributed by atoms with Gasteiger partial charge < -0.3 is 50.3 Å². The van der Waals surface area contributed by atoms with Crippen molar-refractivity contribution in [2.75, 3.05) is 23.1 Å². The zero-order valence-electron chi connectivity index (χ0n) is 76.6.